The van der Waals surface area contributed by atoms with E-state index in [4.69, 9.17) is 9.47 Å². The monoisotopic (exact) mass is 338 g/mol. The molecule has 0 aromatic rings. The molecule has 0 amide bonds. The lowest BCUT2D eigenvalue weighted by Crippen LogP contribution is -2.52. The minimum Gasteiger partial charge on any atom is -0.463 e. The van der Waals surface area contributed by atoms with Gasteiger partial charge >= 0.3 is 5.97 Å². The summed E-state index contributed by atoms with van der Waals surface area (Å²) in [6, 6.07) is 0. The molecular weight excluding hydrogens is 308 g/mol. The molecule has 130 valence electrons. The standard InChI is InChI=1S/C19H30O3S/c1-3-17(20)22-7-5-19-11-15-8-16(12-19)10-18(9-15,13-19)4-6-21-14-23-2/h3,15-16H,1,4-14H2,2H3. The minimum atomic E-state index is -0.282. The van der Waals surface area contributed by atoms with Gasteiger partial charge in [-0.05, 0) is 80.3 Å². The topological polar surface area (TPSA) is 35.5 Å². The van der Waals surface area contributed by atoms with Gasteiger partial charge in [0.05, 0.1) is 12.5 Å². The normalized spacial score (nSPS) is 37.8. The van der Waals surface area contributed by atoms with Gasteiger partial charge in [-0.25, -0.2) is 4.79 Å². The summed E-state index contributed by atoms with van der Waals surface area (Å²) in [5.74, 6) is 2.32. The van der Waals surface area contributed by atoms with Crippen molar-refractivity contribution in [3.8, 4) is 0 Å². The van der Waals surface area contributed by atoms with Gasteiger partial charge in [-0.2, -0.15) is 0 Å². The molecule has 0 heterocycles. The summed E-state index contributed by atoms with van der Waals surface area (Å²) in [5, 5.41) is 0. The molecule has 0 radical (unpaired) electrons. The molecule has 0 spiro atoms. The van der Waals surface area contributed by atoms with E-state index in [-0.39, 0.29) is 5.97 Å². The van der Waals surface area contributed by atoms with Crippen LogP contribution in [0.15, 0.2) is 12.7 Å². The molecule has 0 N–H and O–H groups in total. The quantitative estimate of drug-likeness (QED) is 0.270. The van der Waals surface area contributed by atoms with Gasteiger partial charge in [-0.1, -0.05) is 6.58 Å². The van der Waals surface area contributed by atoms with Crippen LogP contribution in [-0.4, -0.2) is 31.4 Å². The molecule has 4 bridgehead atoms. The van der Waals surface area contributed by atoms with Crippen LogP contribution < -0.4 is 0 Å². The Kier molecular flexibility index (Phi) is 5.42. The highest BCUT2D eigenvalue weighted by Gasteiger charge is 2.56. The summed E-state index contributed by atoms with van der Waals surface area (Å²) in [6.45, 7) is 4.94. The van der Waals surface area contributed by atoms with Crippen molar-refractivity contribution in [3.63, 3.8) is 0 Å². The molecule has 4 rings (SSSR count). The molecule has 0 aromatic heterocycles. The third-order valence-corrected chi connectivity index (χ3v) is 6.73. The molecule has 3 nitrogen and oxygen atoms in total. The number of esters is 1. The van der Waals surface area contributed by atoms with E-state index in [1.807, 2.05) is 0 Å². The second kappa shape index (κ2) is 7.18. The number of carbonyl (C=O) groups is 1. The number of hydrogen-bond donors (Lipinski definition) is 0. The molecule has 2 atom stereocenters. The van der Waals surface area contributed by atoms with Crippen LogP contribution >= 0.6 is 11.8 Å². The van der Waals surface area contributed by atoms with Gasteiger partial charge in [0.2, 0.25) is 0 Å². The van der Waals surface area contributed by atoms with E-state index >= 15 is 0 Å². The van der Waals surface area contributed by atoms with E-state index in [1.54, 1.807) is 11.8 Å². The van der Waals surface area contributed by atoms with Crippen molar-refractivity contribution in [1.82, 2.24) is 0 Å². The van der Waals surface area contributed by atoms with Crippen LogP contribution in [0.3, 0.4) is 0 Å². The summed E-state index contributed by atoms with van der Waals surface area (Å²) in [6.07, 6.45) is 13.9. The maximum atomic E-state index is 11.3. The molecule has 4 saturated carbocycles. The lowest BCUT2D eigenvalue weighted by Gasteiger charge is -2.62. The van der Waals surface area contributed by atoms with Crippen molar-refractivity contribution in [2.24, 2.45) is 22.7 Å². The van der Waals surface area contributed by atoms with E-state index in [9.17, 15) is 4.79 Å². The molecule has 4 aliphatic rings. The van der Waals surface area contributed by atoms with E-state index < -0.39 is 0 Å². The zero-order valence-electron chi connectivity index (χ0n) is 14.4. The summed E-state index contributed by atoms with van der Waals surface area (Å²) < 4.78 is 11.1. The highest BCUT2D eigenvalue weighted by Crippen LogP contribution is 2.67. The largest absolute Gasteiger partial charge is 0.463 e. The number of thioether (sulfide) groups is 1. The Balaban J connectivity index is 1.59. The van der Waals surface area contributed by atoms with Crippen LogP contribution in [0.2, 0.25) is 0 Å². The van der Waals surface area contributed by atoms with Crippen LogP contribution in [0, 0.1) is 22.7 Å². The number of rotatable bonds is 9. The van der Waals surface area contributed by atoms with Crippen molar-refractivity contribution >= 4 is 17.7 Å². The lowest BCUT2D eigenvalue weighted by molar-refractivity contribution is -0.145. The summed E-state index contributed by atoms with van der Waals surface area (Å²) in [4.78, 5) is 11.3. The predicted octanol–water partition coefficient (Wildman–Crippen LogP) is 4.42. The van der Waals surface area contributed by atoms with Crippen molar-refractivity contribution in [2.75, 3.05) is 25.4 Å². The van der Waals surface area contributed by atoms with Gasteiger partial charge in [0.1, 0.15) is 0 Å². The van der Waals surface area contributed by atoms with Crippen LogP contribution in [0.25, 0.3) is 0 Å². The molecule has 0 saturated heterocycles. The predicted molar refractivity (Wildman–Crippen MR) is 94.3 cm³/mol. The number of carbonyl (C=O) groups excluding carboxylic acids is 1. The van der Waals surface area contributed by atoms with Crippen LogP contribution in [0.4, 0.5) is 0 Å². The first-order chi connectivity index (χ1) is 11.1. The second-order valence-electron chi connectivity index (χ2n) is 8.15. The van der Waals surface area contributed by atoms with Gasteiger partial charge in [0.25, 0.3) is 0 Å². The minimum absolute atomic E-state index is 0.282. The smallest absolute Gasteiger partial charge is 0.330 e. The van der Waals surface area contributed by atoms with Gasteiger partial charge < -0.3 is 9.47 Å². The zero-order chi connectivity index (χ0) is 16.3. The van der Waals surface area contributed by atoms with Crippen molar-refractivity contribution in [3.05, 3.63) is 12.7 Å². The Morgan fingerprint density at radius 2 is 1.78 bits per heavy atom. The first kappa shape index (κ1) is 17.3. The average Bonchev–Trinajstić information content (AvgIpc) is 2.50. The Morgan fingerprint density at radius 3 is 2.35 bits per heavy atom. The van der Waals surface area contributed by atoms with Crippen molar-refractivity contribution < 1.29 is 14.3 Å². The lowest BCUT2D eigenvalue weighted by atomic mass is 9.43. The Hall–Kier alpha value is -0.480. The van der Waals surface area contributed by atoms with Crippen molar-refractivity contribution in [1.29, 1.82) is 0 Å². The molecule has 2 unspecified atom stereocenters. The fraction of sp³-hybridized carbons (Fsp3) is 0.842. The second-order valence-corrected chi connectivity index (χ2v) is 8.96. The van der Waals surface area contributed by atoms with Gasteiger partial charge in [-0.15, -0.1) is 11.8 Å². The van der Waals surface area contributed by atoms with Gasteiger partial charge in [0, 0.05) is 12.7 Å². The Labute approximate surface area is 144 Å². The molecule has 4 fully saturated rings. The maximum Gasteiger partial charge on any atom is 0.330 e. The highest BCUT2D eigenvalue weighted by molar-refractivity contribution is 7.98. The fourth-order valence-corrected chi connectivity index (χ4v) is 6.38. The average molecular weight is 339 g/mol. The van der Waals surface area contributed by atoms with E-state index in [0.717, 1.165) is 30.8 Å². The third-order valence-electron chi connectivity index (χ3n) is 6.32. The molecule has 0 aliphatic heterocycles. The maximum absolute atomic E-state index is 11.3. The molecule has 23 heavy (non-hydrogen) atoms. The van der Waals surface area contributed by atoms with Gasteiger partial charge in [0.15, 0.2) is 0 Å². The zero-order valence-corrected chi connectivity index (χ0v) is 15.2. The SMILES string of the molecule is C=CC(=O)OCCC12CC3CC(CC(CCOCSC)(C3)C1)C2. The number of ether oxygens (including phenoxy) is 2. The van der Waals surface area contributed by atoms with Crippen LogP contribution in [0.5, 0.6) is 0 Å². The molecular formula is C19H30O3S. The Bertz CT molecular complexity index is 434. The third kappa shape index (κ3) is 3.96. The molecule has 0 aromatic carbocycles. The van der Waals surface area contributed by atoms with Crippen molar-refractivity contribution in [2.45, 2.75) is 51.4 Å². The first-order valence-electron chi connectivity index (χ1n) is 8.95. The van der Waals surface area contributed by atoms with Crippen LogP contribution in [-0.2, 0) is 14.3 Å². The van der Waals surface area contributed by atoms with E-state index in [2.05, 4.69) is 12.8 Å². The summed E-state index contributed by atoms with van der Waals surface area (Å²) >= 11 is 1.75. The summed E-state index contributed by atoms with van der Waals surface area (Å²) in [5.41, 5.74) is 0.927. The molecule has 4 heteroatoms. The summed E-state index contributed by atoms with van der Waals surface area (Å²) in [7, 11) is 0. The highest BCUT2D eigenvalue weighted by atomic mass is 32.2. The van der Waals surface area contributed by atoms with Gasteiger partial charge in [-0.3, -0.25) is 0 Å². The Morgan fingerprint density at radius 1 is 1.17 bits per heavy atom. The number of hydrogen-bond acceptors (Lipinski definition) is 4. The van der Waals surface area contributed by atoms with Crippen LogP contribution in [0.1, 0.15) is 51.4 Å². The van der Waals surface area contributed by atoms with E-state index in [0.29, 0.717) is 17.4 Å². The first-order valence-corrected chi connectivity index (χ1v) is 10.3. The fourth-order valence-electron chi connectivity index (χ4n) is 6.09. The van der Waals surface area contributed by atoms with E-state index in [1.165, 1.54) is 51.0 Å². The molecule has 4 aliphatic carbocycles.